The molecular weight excluding hydrogens is 346 g/mol. The van der Waals surface area contributed by atoms with Gasteiger partial charge >= 0.3 is 5.97 Å². The van der Waals surface area contributed by atoms with Crippen LogP contribution >= 0.6 is 0 Å². The number of aliphatic carboxylic acids is 1. The third-order valence-corrected chi connectivity index (χ3v) is 5.24. The Hall–Kier alpha value is -2.81. The van der Waals surface area contributed by atoms with Gasteiger partial charge in [0.15, 0.2) is 0 Å². The summed E-state index contributed by atoms with van der Waals surface area (Å²) in [4.78, 5) is 10.9. The van der Waals surface area contributed by atoms with E-state index in [2.05, 4.69) is 72.3 Å². The SMILES string of the molecule is CCCCCC(c1ccccc1)n1ccc2cc(CC(C)=CC(=O)O)ccc21. The number of carboxylic acid groups (broad SMARTS) is 1. The zero-order valence-corrected chi connectivity index (χ0v) is 16.8. The first-order valence-electron chi connectivity index (χ1n) is 10.1. The molecule has 3 heteroatoms. The highest BCUT2D eigenvalue weighted by Crippen LogP contribution is 2.30. The molecule has 3 nitrogen and oxygen atoms in total. The molecular formula is C25H29NO2. The molecule has 0 spiro atoms. The van der Waals surface area contributed by atoms with Gasteiger partial charge in [0.2, 0.25) is 0 Å². The van der Waals surface area contributed by atoms with Crippen molar-refractivity contribution in [3.05, 3.63) is 83.6 Å². The number of carbonyl (C=O) groups is 1. The highest BCUT2D eigenvalue weighted by Gasteiger charge is 2.15. The van der Waals surface area contributed by atoms with E-state index >= 15 is 0 Å². The number of benzene rings is 2. The Morgan fingerprint density at radius 3 is 2.61 bits per heavy atom. The number of carboxylic acids is 1. The molecule has 0 bridgehead atoms. The molecule has 0 saturated heterocycles. The fourth-order valence-corrected chi connectivity index (χ4v) is 3.91. The molecule has 28 heavy (non-hydrogen) atoms. The molecule has 3 rings (SSSR count). The van der Waals surface area contributed by atoms with Gasteiger partial charge in [-0.2, -0.15) is 0 Å². The molecule has 3 aromatic rings. The fourth-order valence-electron chi connectivity index (χ4n) is 3.91. The smallest absolute Gasteiger partial charge is 0.328 e. The summed E-state index contributed by atoms with van der Waals surface area (Å²) in [5, 5.41) is 10.1. The van der Waals surface area contributed by atoms with Crippen LogP contribution in [-0.2, 0) is 11.2 Å². The first kappa shape index (κ1) is 19.9. The lowest BCUT2D eigenvalue weighted by Crippen LogP contribution is -2.09. The van der Waals surface area contributed by atoms with E-state index in [0.29, 0.717) is 12.5 Å². The monoisotopic (exact) mass is 375 g/mol. The van der Waals surface area contributed by atoms with E-state index in [0.717, 1.165) is 17.6 Å². The van der Waals surface area contributed by atoms with E-state index in [1.54, 1.807) is 0 Å². The number of hydrogen-bond donors (Lipinski definition) is 1. The normalized spacial score (nSPS) is 13.0. The van der Waals surface area contributed by atoms with Crippen molar-refractivity contribution < 1.29 is 9.90 Å². The second kappa shape index (κ2) is 9.41. The average molecular weight is 376 g/mol. The number of rotatable bonds is 9. The maximum Gasteiger partial charge on any atom is 0.328 e. The number of hydrogen-bond acceptors (Lipinski definition) is 1. The van der Waals surface area contributed by atoms with Crippen molar-refractivity contribution in [2.75, 3.05) is 0 Å². The van der Waals surface area contributed by atoms with Crippen LogP contribution < -0.4 is 0 Å². The number of allylic oxidation sites excluding steroid dienone is 1. The highest BCUT2D eigenvalue weighted by molar-refractivity contribution is 5.82. The Bertz CT molecular complexity index is 953. The predicted octanol–water partition coefficient (Wildman–Crippen LogP) is 6.38. The lowest BCUT2D eigenvalue weighted by molar-refractivity contribution is -0.131. The second-order valence-electron chi connectivity index (χ2n) is 7.54. The molecule has 1 atom stereocenters. The van der Waals surface area contributed by atoms with Crippen molar-refractivity contribution >= 4 is 16.9 Å². The maximum atomic E-state index is 10.9. The van der Waals surface area contributed by atoms with Crippen LogP contribution in [-0.4, -0.2) is 15.6 Å². The van der Waals surface area contributed by atoms with Gasteiger partial charge in [-0.05, 0) is 54.5 Å². The molecule has 0 amide bonds. The van der Waals surface area contributed by atoms with Crippen LogP contribution in [0.4, 0.5) is 0 Å². The van der Waals surface area contributed by atoms with Crippen LogP contribution in [0.15, 0.2) is 72.4 Å². The summed E-state index contributed by atoms with van der Waals surface area (Å²) in [6.07, 6.45) is 8.96. The van der Waals surface area contributed by atoms with Crippen molar-refractivity contribution in [1.29, 1.82) is 0 Å². The lowest BCUT2D eigenvalue weighted by Gasteiger charge is -2.21. The molecule has 146 valence electrons. The minimum atomic E-state index is -0.887. The predicted molar refractivity (Wildman–Crippen MR) is 116 cm³/mol. The maximum absolute atomic E-state index is 10.9. The first-order chi connectivity index (χ1) is 13.6. The number of nitrogens with zero attached hydrogens (tertiary/aromatic N) is 1. The summed E-state index contributed by atoms with van der Waals surface area (Å²) in [7, 11) is 0. The van der Waals surface area contributed by atoms with Crippen LogP contribution in [0.1, 0.15) is 56.7 Å². The van der Waals surface area contributed by atoms with Crippen molar-refractivity contribution in [3.8, 4) is 0 Å². The quantitative estimate of drug-likeness (QED) is 0.348. The summed E-state index contributed by atoms with van der Waals surface area (Å²) in [5.41, 5.74) is 4.57. The molecule has 2 aromatic carbocycles. The van der Waals surface area contributed by atoms with Gasteiger partial charge in [0.1, 0.15) is 0 Å². The van der Waals surface area contributed by atoms with E-state index in [1.165, 1.54) is 41.8 Å². The van der Waals surface area contributed by atoms with Crippen LogP contribution in [0, 0.1) is 0 Å². The molecule has 1 aromatic heterocycles. The van der Waals surface area contributed by atoms with Gasteiger partial charge < -0.3 is 9.67 Å². The summed E-state index contributed by atoms with van der Waals surface area (Å²) in [6.45, 7) is 4.10. The van der Waals surface area contributed by atoms with E-state index in [1.807, 2.05) is 6.92 Å². The number of aromatic nitrogens is 1. The van der Waals surface area contributed by atoms with Crippen molar-refractivity contribution in [3.63, 3.8) is 0 Å². The van der Waals surface area contributed by atoms with Crippen LogP contribution in [0.3, 0.4) is 0 Å². The molecule has 0 aliphatic carbocycles. The molecule has 0 saturated carbocycles. The number of fused-ring (bicyclic) bond motifs is 1. The van der Waals surface area contributed by atoms with E-state index in [-0.39, 0.29) is 0 Å². The molecule has 1 heterocycles. The Labute approximate surface area is 167 Å². The van der Waals surface area contributed by atoms with Crippen molar-refractivity contribution in [1.82, 2.24) is 4.57 Å². The second-order valence-corrected chi connectivity index (χ2v) is 7.54. The van der Waals surface area contributed by atoms with E-state index in [9.17, 15) is 4.79 Å². The fraction of sp³-hybridized carbons (Fsp3) is 0.320. The van der Waals surface area contributed by atoms with Gasteiger partial charge in [0, 0.05) is 17.8 Å². The Balaban J connectivity index is 1.91. The Morgan fingerprint density at radius 1 is 1.11 bits per heavy atom. The topological polar surface area (TPSA) is 42.2 Å². The summed E-state index contributed by atoms with van der Waals surface area (Å²) >= 11 is 0. The molecule has 1 unspecified atom stereocenters. The van der Waals surface area contributed by atoms with Crippen LogP contribution in [0.2, 0.25) is 0 Å². The van der Waals surface area contributed by atoms with Crippen LogP contribution in [0.25, 0.3) is 10.9 Å². The molecule has 0 aliphatic heterocycles. The third-order valence-electron chi connectivity index (χ3n) is 5.24. The minimum Gasteiger partial charge on any atom is -0.478 e. The van der Waals surface area contributed by atoms with Gasteiger partial charge in [-0.25, -0.2) is 4.79 Å². The van der Waals surface area contributed by atoms with Gasteiger partial charge in [0.25, 0.3) is 0 Å². The van der Waals surface area contributed by atoms with Gasteiger partial charge in [-0.1, -0.05) is 68.2 Å². The Kier molecular flexibility index (Phi) is 6.70. The average Bonchev–Trinajstić information content (AvgIpc) is 3.08. The standard InChI is InChI=1S/C25H29NO2/c1-3-4-6-11-23(21-9-7-5-8-10-21)26-15-14-22-18-20(12-13-24(22)26)16-19(2)17-25(27)28/h5,7-10,12-15,17-18,23H,3-4,6,11,16H2,1-2H3,(H,27,28). The Morgan fingerprint density at radius 2 is 1.89 bits per heavy atom. The largest absolute Gasteiger partial charge is 0.478 e. The molecule has 0 aliphatic rings. The number of unbranched alkanes of at least 4 members (excludes halogenated alkanes) is 2. The van der Waals surface area contributed by atoms with E-state index in [4.69, 9.17) is 5.11 Å². The summed E-state index contributed by atoms with van der Waals surface area (Å²) in [6, 6.07) is 19.7. The van der Waals surface area contributed by atoms with Crippen molar-refractivity contribution in [2.45, 2.75) is 52.0 Å². The molecule has 1 N–H and O–H groups in total. The lowest BCUT2D eigenvalue weighted by atomic mass is 9.99. The zero-order valence-electron chi connectivity index (χ0n) is 16.8. The van der Waals surface area contributed by atoms with Crippen molar-refractivity contribution in [2.24, 2.45) is 0 Å². The minimum absolute atomic E-state index is 0.338. The first-order valence-corrected chi connectivity index (χ1v) is 10.1. The zero-order chi connectivity index (χ0) is 19.9. The van der Waals surface area contributed by atoms with E-state index < -0.39 is 5.97 Å². The van der Waals surface area contributed by atoms with Gasteiger partial charge in [-0.3, -0.25) is 0 Å². The van der Waals surface area contributed by atoms with Crippen LogP contribution in [0.5, 0.6) is 0 Å². The molecule has 0 radical (unpaired) electrons. The summed E-state index contributed by atoms with van der Waals surface area (Å²) in [5.74, 6) is -0.887. The van der Waals surface area contributed by atoms with Gasteiger partial charge in [0.05, 0.1) is 6.04 Å². The third kappa shape index (κ3) is 4.92. The molecule has 0 fully saturated rings. The van der Waals surface area contributed by atoms with Gasteiger partial charge in [-0.15, -0.1) is 0 Å². The summed E-state index contributed by atoms with van der Waals surface area (Å²) < 4.78 is 2.39. The highest BCUT2D eigenvalue weighted by atomic mass is 16.4.